The van der Waals surface area contributed by atoms with Crippen LogP contribution in [0, 0.1) is 0 Å². The maximum absolute atomic E-state index is 7.10. The summed E-state index contributed by atoms with van der Waals surface area (Å²) >= 11 is 0. The first-order chi connectivity index (χ1) is 30.7. The summed E-state index contributed by atoms with van der Waals surface area (Å²) in [6.45, 7) is -0.230. The van der Waals surface area contributed by atoms with E-state index in [4.69, 9.17) is 18.9 Å². The van der Waals surface area contributed by atoms with E-state index < -0.39 is 0 Å². The van der Waals surface area contributed by atoms with Crippen LogP contribution in [0.15, 0.2) is 194 Å². The number of ether oxygens (including phenoxy) is 4. The lowest BCUT2D eigenvalue weighted by atomic mass is 9.31. The molecule has 0 fully saturated rings. The van der Waals surface area contributed by atoms with Crippen LogP contribution in [0.1, 0.15) is 0 Å². The molecule has 0 unspecified atom stereocenters. The van der Waals surface area contributed by atoms with Crippen LogP contribution in [0.4, 0.5) is 17.1 Å². The number of fused-ring (bicyclic) bond motifs is 11. The normalized spacial score (nSPS) is 13.3. The average molecular weight is 794 g/mol. The van der Waals surface area contributed by atoms with Crippen LogP contribution in [-0.2, 0) is 0 Å². The van der Waals surface area contributed by atoms with Crippen molar-refractivity contribution in [3.05, 3.63) is 194 Å². The quantitative estimate of drug-likeness (QED) is 0.163. The van der Waals surface area contributed by atoms with Crippen molar-refractivity contribution in [3.63, 3.8) is 0 Å². The lowest BCUT2D eigenvalue weighted by molar-refractivity contribution is 0.451. The zero-order chi connectivity index (χ0) is 40.5. The van der Waals surface area contributed by atoms with Gasteiger partial charge in [0.25, 0.3) is 13.4 Å². The highest BCUT2D eigenvalue weighted by atomic mass is 16.5. The number of benzene rings is 9. The molecule has 4 aliphatic heterocycles. The Morgan fingerprint density at radius 2 is 0.919 bits per heavy atom. The minimum absolute atomic E-state index is 0.109. The van der Waals surface area contributed by atoms with Gasteiger partial charge in [-0.1, -0.05) is 115 Å². The second-order valence-corrected chi connectivity index (χ2v) is 16.4. The van der Waals surface area contributed by atoms with Crippen molar-refractivity contribution in [1.82, 2.24) is 4.57 Å². The monoisotopic (exact) mass is 794 g/mol. The van der Waals surface area contributed by atoms with E-state index in [-0.39, 0.29) is 13.4 Å². The Bertz CT molecular complexity index is 3500. The zero-order valence-corrected chi connectivity index (χ0v) is 33.2. The molecule has 0 N–H and O–H groups in total. The predicted octanol–water partition coefficient (Wildman–Crippen LogP) is 9.71. The summed E-state index contributed by atoms with van der Waals surface area (Å²) in [6.07, 6.45) is 0. The summed E-state index contributed by atoms with van der Waals surface area (Å²) in [6, 6.07) is 67.5. The second kappa shape index (κ2) is 12.7. The molecule has 0 bridgehead atoms. The van der Waals surface area contributed by atoms with Gasteiger partial charge in [0.2, 0.25) is 0 Å². The fourth-order valence-electron chi connectivity index (χ4n) is 10.5. The second-order valence-electron chi connectivity index (χ2n) is 16.4. The van der Waals surface area contributed by atoms with Crippen LogP contribution < -0.4 is 56.6 Å². The maximum atomic E-state index is 7.10. The molecule has 14 rings (SSSR count). The van der Waals surface area contributed by atoms with Gasteiger partial charge in [-0.15, -0.1) is 0 Å². The van der Waals surface area contributed by atoms with Crippen LogP contribution in [-0.4, -0.2) is 18.0 Å². The van der Waals surface area contributed by atoms with E-state index in [0.29, 0.717) is 11.5 Å². The Morgan fingerprint density at radius 1 is 0.371 bits per heavy atom. The van der Waals surface area contributed by atoms with E-state index in [1.54, 1.807) is 0 Å². The van der Waals surface area contributed by atoms with Gasteiger partial charge in [-0.05, 0) is 81.3 Å². The number of anilines is 3. The highest BCUT2D eigenvalue weighted by Crippen LogP contribution is 2.45. The van der Waals surface area contributed by atoms with Gasteiger partial charge in [-0.25, -0.2) is 0 Å². The molecule has 0 amide bonds. The number of aromatic nitrogens is 1. The third-order valence-corrected chi connectivity index (χ3v) is 12.9. The van der Waals surface area contributed by atoms with Crippen molar-refractivity contribution in [2.24, 2.45) is 0 Å². The first-order valence-electron chi connectivity index (χ1n) is 21.1. The Kier molecular flexibility index (Phi) is 6.91. The standard InChI is InChI=1S/C54H32B2N2O4/c1-4-15-33(16-5-1)57-45-26-13-11-23-40(45)55-42-31-43-49(32-48(42)61-50-29-36(27-46(57)52(50)55)59-34-17-6-2-7-18-34)62-51-30-37(60-35-19-8-3-9-20-35)28-47-53(51)56(43)41-24-14-22-39-38-21-10-12-25-44(38)58(47)54(39)41/h1-32H. The molecule has 4 aliphatic rings. The van der Waals surface area contributed by atoms with Gasteiger partial charge >= 0.3 is 0 Å². The molecule has 0 saturated heterocycles. The summed E-state index contributed by atoms with van der Waals surface area (Å²) < 4.78 is 29.8. The summed E-state index contributed by atoms with van der Waals surface area (Å²) in [5.41, 5.74) is 13.5. The van der Waals surface area contributed by atoms with Crippen molar-refractivity contribution >= 4 is 85.1 Å². The average Bonchev–Trinajstić information content (AvgIpc) is 3.66. The van der Waals surface area contributed by atoms with Crippen LogP contribution >= 0.6 is 0 Å². The number of nitrogens with zero attached hydrogens (tertiary/aromatic N) is 2. The van der Waals surface area contributed by atoms with Crippen molar-refractivity contribution in [2.75, 3.05) is 4.90 Å². The van der Waals surface area contributed by atoms with Gasteiger partial charge in [0.05, 0.1) is 5.52 Å². The van der Waals surface area contributed by atoms with E-state index >= 15 is 0 Å². The first kappa shape index (κ1) is 33.7. The molecule has 1 aromatic heterocycles. The molecule has 62 heavy (non-hydrogen) atoms. The number of hydrogen-bond acceptors (Lipinski definition) is 5. The molecule has 288 valence electrons. The van der Waals surface area contributed by atoms with E-state index in [1.807, 2.05) is 72.8 Å². The molecule has 10 aromatic rings. The molecular formula is C54H32B2N2O4. The minimum Gasteiger partial charge on any atom is -0.458 e. The van der Waals surface area contributed by atoms with E-state index in [9.17, 15) is 0 Å². The lowest BCUT2D eigenvalue weighted by Crippen LogP contribution is -2.62. The van der Waals surface area contributed by atoms with Crippen molar-refractivity contribution in [1.29, 1.82) is 0 Å². The Hall–Kier alpha value is -8.09. The van der Waals surface area contributed by atoms with Crippen molar-refractivity contribution in [3.8, 4) is 51.7 Å². The molecule has 6 nitrogen and oxygen atoms in total. The number of para-hydroxylation sites is 6. The number of hydrogen-bond donors (Lipinski definition) is 0. The van der Waals surface area contributed by atoms with Gasteiger partial charge < -0.3 is 28.4 Å². The maximum Gasteiger partial charge on any atom is 0.256 e. The van der Waals surface area contributed by atoms with Crippen molar-refractivity contribution < 1.29 is 18.9 Å². The van der Waals surface area contributed by atoms with Gasteiger partial charge in [0, 0.05) is 69.4 Å². The topological polar surface area (TPSA) is 45.1 Å². The molecule has 5 heterocycles. The van der Waals surface area contributed by atoms with Gasteiger partial charge in [-0.3, -0.25) is 0 Å². The molecule has 0 saturated carbocycles. The Balaban J connectivity index is 1.01. The van der Waals surface area contributed by atoms with Crippen LogP contribution in [0.3, 0.4) is 0 Å². The van der Waals surface area contributed by atoms with E-state index in [2.05, 4.69) is 131 Å². The third kappa shape index (κ3) is 4.77. The van der Waals surface area contributed by atoms with E-state index in [1.165, 1.54) is 27.2 Å². The fourth-order valence-corrected chi connectivity index (χ4v) is 10.5. The summed E-state index contributed by atoms with van der Waals surface area (Å²) in [4.78, 5) is 2.34. The molecule has 9 aromatic carbocycles. The number of rotatable bonds is 5. The summed E-state index contributed by atoms with van der Waals surface area (Å²) in [7, 11) is 0. The van der Waals surface area contributed by atoms with Crippen LogP contribution in [0.25, 0.3) is 27.5 Å². The Morgan fingerprint density at radius 3 is 1.63 bits per heavy atom. The van der Waals surface area contributed by atoms with Gasteiger partial charge in [0.1, 0.15) is 46.0 Å². The summed E-state index contributed by atoms with van der Waals surface area (Å²) in [5.74, 6) is 5.97. The summed E-state index contributed by atoms with van der Waals surface area (Å²) in [5, 5.41) is 2.44. The smallest absolute Gasteiger partial charge is 0.256 e. The SMILES string of the molecule is c1ccc(Oc2cc3c4c(c2)N(c2ccccc2)c2ccccc2B4c2cc4c(cc2O3)Oc2cc(Oc3ccccc3)cc3c2B4c2cccc4c5ccccc5n-3c24)cc1. The first-order valence-corrected chi connectivity index (χ1v) is 21.1. The zero-order valence-electron chi connectivity index (χ0n) is 33.2. The minimum atomic E-state index is -0.121. The fraction of sp³-hybridized carbons (Fsp3) is 0. The highest BCUT2D eigenvalue weighted by molar-refractivity contribution is 7.02. The molecule has 0 aliphatic carbocycles. The molecule has 0 spiro atoms. The van der Waals surface area contributed by atoms with Crippen LogP contribution in [0.5, 0.6) is 46.0 Å². The van der Waals surface area contributed by atoms with E-state index in [0.717, 1.165) is 84.6 Å². The predicted molar refractivity (Wildman–Crippen MR) is 251 cm³/mol. The Labute approximate surface area is 357 Å². The third-order valence-electron chi connectivity index (χ3n) is 12.9. The molecule has 0 radical (unpaired) electrons. The van der Waals surface area contributed by atoms with Gasteiger partial charge in [0.15, 0.2) is 0 Å². The largest absolute Gasteiger partial charge is 0.458 e. The molecular weight excluding hydrogens is 762 g/mol. The molecule has 0 atom stereocenters. The van der Waals surface area contributed by atoms with Crippen molar-refractivity contribution in [2.45, 2.75) is 0 Å². The lowest BCUT2D eigenvalue weighted by Gasteiger charge is -2.41. The molecule has 8 heteroatoms. The highest BCUT2D eigenvalue weighted by Gasteiger charge is 2.46. The van der Waals surface area contributed by atoms with Crippen LogP contribution in [0.2, 0.25) is 0 Å². The van der Waals surface area contributed by atoms with Gasteiger partial charge in [-0.2, -0.15) is 0 Å².